The molecule has 2 rings (SSSR count). The van der Waals surface area contributed by atoms with Crippen LogP contribution in [0.15, 0.2) is 60.7 Å². The predicted octanol–water partition coefficient (Wildman–Crippen LogP) is 4.00. The zero-order chi connectivity index (χ0) is 14.2. The maximum atomic E-state index is 12.7. The minimum Gasteiger partial charge on any atom is -0.303 e. The van der Waals surface area contributed by atoms with Crippen molar-refractivity contribution < 1.29 is 4.79 Å². The summed E-state index contributed by atoms with van der Waals surface area (Å²) in [6.07, 6.45) is 2.19. The second-order valence-electron chi connectivity index (χ2n) is 4.88. The maximum absolute atomic E-state index is 12.7. The number of benzene rings is 2. The number of nitrogens with one attached hydrogen (secondary N) is 1. The Morgan fingerprint density at radius 2 is 1.60 bits per heavy atom. The molecule has 0 aromatic heterocycles. The maximum Gasteiger partial charge on any atom is 0.184 e. The fourth-order valence-electron chi connectivity index (χ4n) is 2.20. The second kappa shape index (κ2) is 7.61. The largest absolute Gasteiger partial charge is 0.303 e. The minimum absolute atomic E-state index is 0.132. The number of hydrogen-bond donors (Lipinski definition) is 1. The first-order chi connectivity index (χ1) is 9.83. The third-order valence-electron chi connectivity index (χ3n) is 3.33. The molecule has 0 spiro atoms. The van der Waals surface area contributed by atoms with Crippen molar-refractivity contribution in [2.75, 3.05) is 6.54 Å². The van der Waals surface area contributed by atoms with Gasteiger partial charge >= 0.3 is 0 Å². The monoisotopic (exact) mass is 267 g/mol. The Bertz CT molecular complexity index is 522. The number of carbonyl (C=O) groups excluding carboxylic acids is 1. The molecule has 0 aliphatic carbocycles. The van der Waals surface area contributed by atoms with Crippen LogP contribution in [0.5, 0.6) is 0 Å². The molecule has 1 atom stereocenters. The molecule has 0 aliphatic heterocycles. The van der Waals surface area contributed by atoms with Gasteiger partial charge in [-0.25, -0.2) is 0 Å². The van der Waals surface area contributed by atoms with Gasteiger partial charge in [0, 0.05) is 5.56 Å². The van der Waals surface area contributed by atoms with Crippen LogP contribution in [-0.4, -0.2) is 12.3 Å². The van der Waals surface area contributed by atoms with E-state index in [1.165, 1.54) is 0 Å². The highest BCUT2D eigenvalue weighted by atomic mass is 16.1. The molecule has 0 saturated carbocycles. The zero-order valence-corrected chi connectivity index (χ0v) is 11.9. The Balaban J connectivity index is 2.20. The molecule has 2 aromatic rings. The molecule has 0 heterocycles. The lowest BCUT2D eigenvalue weighted by molar-refractivity contribution is 0.0943. The van der Waals surface area contributed by atoms with E-state index in [-0.39, 0.29) is 11.8 Å². The first-order valence-corrected chi connectivity index (χ1v) is 7.20. The molecule has 1 N–H and O–H groups in total. The van der Waals surface area contributed by atoms with E-state index in [0.717, 1.165) is 30.5 Å². The van der Waals surface area contributed by atoms with Gasteiger partial charge in [0.05, 0.1) is 6.04 Å². The average Bonchev–Trinajstić information content (AvgIpc) is 2.53. The van der Waals surface area contributed by atoms with E-state index in [0.29, 0.717) is 0 Å². The van der Waals surface area contributed by atoms with Gasteiger partial charge in [0.15, 0.2) is 5.78 Å². The first-order valence-electron chi connectivity index (χ1n) is 7.20. The molecule has 0 amide bonds. The Kier molecular flexibility index (Phi) is 5.51. The van der Waals surface area contributed by atoms with Crippen LogP contribution < -0.4 is 5.32 Å². The van der Waals surface area contributed by atoms with Gasteiger partial charge in [-0.2, -0.15) is 0 Å². The third-order valence-corrected chi connectivity index (χ3v) is 3.33. The molecule has 104 valence electrons. The van der Waals surface area contributed by atoms with Crippen molar-refractivity contribution in [2.45, 2.75) is 25.8 Å². The van der Waals surface area contributed by atoms with Crippen molar-refractivity contribution >= 4 is 5.78 Å². The minimum atomic E-state index is -0.259. The Morgan fingerprint density at radius 1 is 1.00 bits per heavy atom. The summed E-state index contributed by atoms with van der Waals surface area (Å²) in [5.74, 6) is 0.132. The van der Waals surface area contributed by atoms with Crippen molar-refractivity contribution in [3.8, 4) is 0 Å². The van der Waals surface area contributed by atoms with Crippen LogP contribution in [0.3, 0.4) is 0 Å². The number of Topliss-reactive ketones (excluding diaryl/α,β-unsaturated/α-hetero) is 1. The molecule has 1 unspecified atom stereocenters. The van der Waals surface area contributed by atoms with Crippen molar-refractivity contribution in [3.63, 3.8) is 0 Å². The quantitative estimate of drug-likeness (QED) is 0.607. The van der Waals surface area contributed by atoms with Gasteiger partial charge in [-0.3, -0.25) is 4.79 Å². The van der Waals surface area contributed by atoms with Crippen LogP contribution >= 0.6 is 0 Å². The van der Waals surface area contributed by atoms with Crippen LogP contribution in [0, 0.1) is 0 Å². The van der Waals surface area contributed by atoms with Crippen LogP contribution in [0.25, 0.3) is 0 Å². The molecule has 0 fully saturated rings. The summed E-state index contributed by atoms with van der Waals surface area (Å²) in [4.78, 5) is 12.7. The van der Waals surface area contributed by atoms with Gasteiger partial charge in [0.2, 0.25) is 0 Å². The number of ketones is 1. The molecule has 0 bridgehead atoms. The summed E-state index contributed by atoms with van der Waals surface area (Å²) in [5.41, 5.74) is 1.78. The molecule has 2 aromatic carbocycles. The van der Waals surface area contributed by atoms with E-state index in [9.17, 15) is 4.79 Å². The molecular weight excluding hydrogens is 246 g/mol. The van der Waals surface area contributed by atoms with Crippen molar-refractivity contribution in [1.82, 2.24) is 5.32 Å². The number of hydrogen-bond acceptors (Lipinski definition) is 2. The fraction of sp³-hybridized carbons (Fsp3) is 0.278. The molecule has 2 nitrogen and oxygen atoms in total. The molecule has 0 radical (unpaired) electrons. The number of unbranched alkanes of at least 4 members (excludes halogenated alkanes) is 1. The van der Waals surface area contributed by atoms with Crippen molar-refractivity contribution in [1.29, 1.82) is 0 Å². The van der Waals surface area contributed by atoms with E-state index < -0.39 is 0 Å². The summed E-state index contributed by atoms with van der Waals surface area (Å²) in [5, 5.41) is 3.39. The highest BCUT2D eigenvalue weighted by Crippen LogP contribution is 2.18. The Morgan fingerprint density at radius 3 is 2.20 bits per heavy atom. The van der Waals surface area contributed by atoms with Crippen LogP contribution in [0.1, 0.15) is 41.7 Å². The molecule has 0 aliphatic rings. The van der Waals surface area contributed by atoms with Crippen molar-refractivity contribution in [2.24, 2.45) is 0 Å². The summed E-state index contributed by atoms with van der Waals surface area (Å²) < 4.78 is 0. The molecular formula is C18H21NO. The normalized spacial score (nSPS) is 12.1. The van der Waals surface area contributed by atoms with Gasteiger partial charge in [0.25, 0.3) is 0 Å². The lowest BCUT2D eigenvalue weighted by Gasteiger charge is -2.18. The van der Waals surface area contributed by atoms with Crippen LogP contribution in [0.4, 0.5) is 0 Å². The van der Waals surface area contributed by atoms with E-state index in [2.05, 4.69) is 12.2 Å². The van der Waals surface area contributed by atoms with E-state index in [1.807, 2.05) is 60.7 Å². The summed E-state index contributed by atoms with van der Waals surface area (Å²) in [7, 11) is 0. The standard InChI is InChI=1S/C18H21NO/c1-2-3-14-19-17(15-10-6-4-7-11-15)18(20)16-12-8-5-9-13-16/h4-13,17,19H,2-3,14H2,1H3. The summed E-state index contributed by atoms with van der Waals surface area (Å²) in [6, 6.07) is 19.2. The lowest BCUT2D eigenvalue weighted by Crippen LogP contribution is -2.29. The fourth-order valence-corrected chi connectivity index (χ4v) is 2.20. The first kappa shape index (κ1) is 14.5. The van der Waals surface area contributed by atoms with Gasteiger partial charge in [0.1, 0.15) is 0 Å². The SMILES string of the molecule is CCCCNC(C(=O)c1ccccc1)c1ccccc1. The Labute approximate surface area is 120 Å². The van der Waals surface area contributed by atoms with Crippen LogP contribution in [-0.2, 0) is 0 Å². The predicted molar refractivity (Wildman–Crippen MR) is 82.9 cm³/mol. The summed E-state index contributed by atoms with van der Waals surface area (Å²) >= 11 is 0. The van der Waals surface area contributed by atoms with Crippen molar-refractivity contribution in [3.05, 3.63) is 71.8 Å². The van der Waals surface area contributed by atoms with E-state index in [4.69, 9.17) is 0 Å². The van der Waals surface area contributed by atoms with Gasteiger partial charge in [-0.05, 0) is 18.5 Å². The summed E-state index contributed by atoms with van der Waals surface area (Å²) in [6.45, 7) is 3.01. The smallest absolute Gasteiger partial charge is 0.184 e. The topological polar surface area (TPSA) is 29.1 Å². The average molecular weight is 267 g/mol. The van der Waals surface area contributed by atoms with Crippen LogP contribution in [0.2, 0.25) is 0 Å². The lowest BCUT2D eigenvalue weighted by atomic mass is 9.97. The zero-order valence-electron chi connectivity index (χ0n) is 11.9. The third kappa shape index (κ3) is 3.78. The van der Waals surface area contributed by atoms with Gasteiger partial charge in [-0.15, -0.1) is 0 Å². The van der Waals surface area contributed by atoms with Gasteiger partial charge in [-0.1, -0.05) is 74.0 Å². The highest BCUT2D eigenvalue weighted by Gasteiger charge is 2.20. The molecule has 2 heteroatoms. The highest BCUT2D eigenvalue weighted by molar-refractivity contribution is 6.00. The Hall–Kier alpha value is -1.93. The molecule has 20 heavy (non-hydrogen) atoms. The van der Waals surface area contributed by atoms with E-state index >= 15 is 0 Å². The molecule has 0 saturated heterocycles. The van der Waals surface area contributed by atoms with Gasteiger partial charge < -0.3 is 5.32 Å². The number of carbonyl (C=O) groups is 1. The number of rotatable bonds is 7. The second-order valence-corrected chi connectivity index (χ2v) is 4.88. The van der Waals surface area contributed by atoms with E-state index in [1.54, 1.807) is 0 Å².